The van der Waals surface area contributed by atoms with Gasteiger partial charge in [0.2, 0.25) is 0 Å². The van der Waals surface area contributed by atoms with E-state index in [1.54, 1.807) is 0 Å². The standard InChI is InChI=1S/C19H39NO/c1-3-5-6-7-8-9-10-11-12-15-19(20-4-2)18-14-13-16-21-17-18/h18-20H,3-17H2,1-2H3. The van der Waals surface area contributed by atoms with Crippen LogP contribution in [0, 0.1) is 5.92 Å². The van der Waals surface area contributed by atoms with Crippen LogP contribution in [0.4, 0.5) is 0 Å². The lowest BCUT2D eigenvalue weighted by atomic mass is 9.90. The molecule has 0 aromatic carbocycles. The first-order valence-corrected chi connectivity index (χ1v) is 9.69. The van der Waals surface area contributed by atoms with E-state index in [2.05, 4.69) is 19.2 Å². The molecule has 1 aliphatic rings. The molecule has 2 nitrogen and oxygen atoms in total. The van der Waals surface area contributed by atoms with Crippen molar-refractivity contribution in [3.8, 4) is 0 Å². The molecule has 1 N–H and O–H groups in total. The smallest absolute Gasteiger partial charge is 0.0509 e. The second kappa shape index (κ2) is 13.6. The highest BCUT2D eigenvalue weighted by atomic mass is 16.5. The fraction of sp³-hybridized carbons (Fsp3) is 1.00. The van der Waals surface area contributed by atoms with Crippen molar-refractivity contribution in [1.29, 1.82) is 0 Å². The number of hydrogen-bond donors (Lipinski definition) is 1. The van der Waals surface area contributed by atoms with Gasteiger partial charge in [0.1, 0.15) is 0 Å². The normalized spacial score (nSPS) is 20.6. The maximum atomic E-state index is 5.66. The third kappa shape index (κ3) is 9.52. The van der Waals surface area contributed by atoms with Crippen LogP contribution in [-0.2, 0) is 4.74 Å². The van der Waals surface area contributed by atoms with E-state index in [-0.39, 0.29) is 0 Å². The van der Waals surface area contributed by atoms with Gasteiger partial charge in [0, 0.05) is 12.6 Å². The first-order valence-electron chi connectivity index (χ1n) is 9.69. The lowest BCUT2D eigenvalue weighted by Gasteiger charge is -2.31. The molecule has 0 aromatic heterocycles. The van der Waals surface area contributed by atoms with Gasteiger partial charge >= 0.3 is 0 Å². The van der Waals surface area contributed by atoms with E-state index in [4.69, 9.17) is 4.74 Å². The average Bonchev–Trinajstić information content (AvgIpc) is 2.53. The third-order valence-electron chi connectivity index (χ3n) is 4.85. The summed E-state index contributed by atoms with van der Waals surface area (Å²) >= 11 is 0. The molecule has 2 unspecified atom stereocenters. The molecule has 1 rings (SSSR count). The van der Waals surface area contributed by atoms with Crippen molar-refractivity contribution in [1.82, 2.24) is 5.32 Å². The maximum absolute atomic E-state index is 5.66. The summed E-state index contributed by atoms with van der Waals surface area (Å²) in [7, 11) is 0. The Labute approximate surface area is 133 Å². The van der Waals surface area contributed by atoms with E-state index < -0.39 is 0 Å². The molecule has 0 saturated carbocycles. The van der Waals surface area contributed by atoms with Crippen molar-refractivity contribution >= 4 is 0 Å². The minimum atomic E-state index is 0.694. The Bertz CT molecular complexity index is 214. The predicted octanol–water partition coefficient (Wildman–Crippen LogP) is 5.31. The highest BCUT2D eigenvalue weighted by molar-refractivity contribution is 4.78. The van der Waals surface area contributed by atoms with Crippen molar-refractivity contribution in [2.75, 3.05) is 19.8 Å². The predicted molar refractivity (Wildman–Crippen MR) is 92.9 cm³/mol. The van der Waals surface area contributed by atoms with Gasteiger partial charge in [0.25, 0.3) is 0 Å². The molecule has 2 heteroatoms. The summed E-state index contributed by atoms with van der Waals surface area (Å²) in [6, 6.07) is 0.694. The number of unbranched alkanes of at least 4 members (excludes halogenated alkanes) is 8. The van der Waals surface area contributed by atoms with Crippen molar-refractivity contribution < 1.29 is 4.74 Å². The molecular weight excluding hydrogens is 258 g/mol. The van der Waals surface area contributed by atoms with Crippen LogP contribution in [0.1, 0.15) is 90.9 Å². The van der Waals surface area contributed by atoms with Crippen LogP contribution in [0.2, 0.25) is 0 Å². The van der Waals surface area contributed by atoms with Crippen LogP contribution >= 0.6 is 0 Å². The number of ether oxygens (including phenoxy) is 1. The van der Waals surface area contributed by atoms with Crippen LogP contribution in [0.25, 0.3) is 0 Å². The molecule has 1 heterocycles. The van der Waals surface area contributed by atoms with Gasteiger partial charge in [-0.15, -0.1) is 0 Å². The molecule has 126 valence electrons. The van der Waals surface area contributed by atoms with Crippen LogP contribution in [0.15, 0.2) is 0 Å². The van der Waals surface area contributed by atoms with E-state index in [0.717, 1.165) is 25.7 Å². The molecule has 0 aliphatic carbocycles. The highest BCUT2D eigenvalue weighted by Crippen LogP contribution is 2.21. The summed E-state index contributed by atoms with van der Waals surface area (Å²) < 4.78 is 5.66. The van der Waals surface area contributed by atoms with E-state index in [9.17, 15) is 0 Å². The Morgan fingerprint density at radius 1 is 0.952 bits per heavy atom. The Morgan fingerprint density at radius 2 is 1.62 bits per heavy atom. The van der Waals surface area contributed by atoms with Crippen LogP contribution in [0.3, 0.4) is 0 Å². The maximum Gasteiger partial charge on any atom is 0.0509 e. The Kier molecular flexibility index (Phi) is 12.3. The number of rotatable bonds is 13. The molecule has 0 amide bonds. The minimum absolute atomic E-state index is 0.694. The molecule has 2 atom stereocenters. The summed E-state index contributed by atoms with van der Waals surface area (Å²) in [5.74, 6) is 0.757. The Balaban J connectivity index is 1.99. The van der Waals surface area contributed by atoms with E-state index in [1.807, 2.05) is 0 Å². The summed E-state index contributed by atoms with van der Waals surface area (Å²) in [6.07, 6.45) is 16.8. The largest absolute Gasteiger partial charge is 0.381 e. The van der Waals surface area contributed by atoms with Crippen LogP contribution in [0.5, 0.6) is 0 Å². The molecular formula is C19H39NO. The van der Waals surface area contributed by atoms with E-state index in [0.29, 0.717) is 6.04 Å². The average molecular weight is 298 g/mol. The number of nitrogens with one attached hydrogen (secondary N) is 1. The first-order chi connectivity index (χ1) is 10.4. The lowest BCUT2D eigenvalue weighted by molar-refractivity contribution is 0.0378. The van der Waals surface area contributed by atoms with Gasteiger partial charge in [0.05, 0.1) is 6.61 Å². The van der Waals surface area contributed by atoms with Gasteiger partial charge in [-0.25, -0.2) is 0 Å². The Morgan fingerprint density at radius 3 is 2.19 bits per heavy atom. The zero-order valence-electron chi connectivity index (χ0n) is 14.7. The summed E-state index contributed by atoms with van der Waals surface area (Å²) in [4.78, 5) is 0. The molecule has 1 saturated heterocycles. The van der Waals surface area contributed by atoms with Crippen molar-refractivity contribution in [2.45, 2.75) is 96.9 Å². The summed E-state index contributed by atoms with van der Waals surface area (Å²) in [5, 5.41) is 3.70. The molecule has 21 heavy (non-hydrogen) atoms. The second-order valence-electron chi connectivity index (χ2n) is 6.76. The number of hydrogen-bond acceptors (Lipinski definition) is 2. The van der Waals surface area contributed by atoms with E-state index in [1.165, 1.54) is 77.0 Å². The van der Waals surface area contributed by atoms with Gasteiger partial charge < -0.3 is 10.1 Å². The zero-order chi connectivity index (χ0) is 15.2. The van der Waals surface area contributed by atoms with Crippen LogP contribution < -0.4 is 5.32 Å². The van der Waals surface area contributed by atoms with Gasteiger partial charge in [0.15, 0.2) is 0 Å². The monoisotopic (exact) mass is 297 g/mol. The molecule has 0 aromatic rings. The molecule has 0 spiro atoms. The van der Waals surface area contributed by atoms with E-state index >= 15 is 0 Å². The summed E-state index contributed by atoms with van der Waals surface area (Å²) in [6.45, 7) is 7.58. The van der Waals surface area contributed by atoms with Gasteiger partial charge in [-0.05, 0) is 31.7 Å². The molecule has 1 aliphatic heterocycles. The van der Waals surface area contributed by atoms with Crippen molar-refractivity contribution in [2.24, 2.45) is 5.92 Å². The van der Waals surface area contributed by atoms with Gasteiger partial charge in [-0.1, -0.05) is 71.6 Å². The first kappa shape index (κ1) is 19.0. The quantitative estimate of drug-likeness (QED) is 0.465. The molecule has 0 bridgehead atoms. The topological polar surface area (TPSA) is 21.3 Å². The van der Waals surface area contributed by atoms with Crippen molar-refractivity contribution in [3.63, 3.8) is 0 Å². The van der Waals surface area contributed by atoms with Gasteiger partial charge in [-0.3, -0.25) is 0 Å². The third-order valence-corrected chi connectivity index (χ3v) is 4.85. The summed E-state index contributed by atoms with van der Waals surface area (Å²) in [5.41, 5.74) is 0. The minimum Gasteiger partial charge on any atom is -0.381 e. The molecule has 0 radical (unpaired) electrons. The zero-order valence-corrected chi connectivity index (χ0v) is 14.7. The SMILES string of the molecule is CCCCCCCCCCCC(NCC)C1CCCOC1. The fourth-order valence-electron chi connectivity index (χ4n) is 3.52. The van der Waals surface area contributed by atoms with Gasteiger partial charge in [-0.2, -0.15) is 0 Å². The fourth-order valence-corrected chi connectivity index (χ4v) is 3.52. The Hall–Kier alpha value is -0.0800. The molecule has 1 fully saturated rings. The highest BCUT2D eigenvalue weighted by Gasteiger charge is 2.22. The van der Waals surface area contributed by atoms with Crippen LogP contribution in [-0.4, -0.2) is 25.8 Å². The second-order valence-corrected chi connectivity index (χ2v) is 6.76. The van der Waals surface area contributed by atoms with Crippen molar-refractivity contribution in [3.05, 3.63) is 0 Å². The lowest BCUT2D eigenvalue weighted by Crippen LogP contribution is -2.40.